The van der Waals surface area contributed by atoms with Gasteiger partial charge in [-0.25, -0.2) is 22.3 Å². The first-order valence-electron chi connectivity index (χ1n) is 8.02. The molecule has 2 aliphatic rings. The topological polar surface area (TPSA) is 87.7 Å². The molecule has 2 atom stereocenters. The molecule has 136 valence electrons. The van der Waals surface area contributed by atoms with Gasteiger partial charge >= 0.3 is 6.03 Å². The van der Waals surface area contributed by atoms with Gasteiger partial charge < -0.3 is 15.0 Å². The molecule has 2 N–H and O–H groups in total. The summed E-state index contributed by atoms with van der Waals surface area (Å²) in [5.41, 5.74) is 0.454. The van der Waals surface area contributed by atoms with E-state index in [1.165, 1.54) is 35.2 Å². The van der Waals surface area contributed by atoms with Gasteiger partial charge in [-0.3, -0.25) is 0 Å². The Morgan fingerprint density at radius 3 is 2.65 bits per heavy atom. The number of anilines is 1. The highest BCUT2D eigenvalue weighted by atomic mass is 32.2. The number of urea groups is 1. The summed E-state index contributed by atoms with van der Waals surface area (Å²) in [5, 5.41) is 2.66. The lowest BCUT2D eigenvalue weighted by molar-refractivity contribution is 0.184. The predicted octanol–water partition coefficient (Wildman–Crippen LogP) is 1.78. The molecule has 0 unspecified atom stereocenters. The van der Waals surface area contributed by atoms with Crippen LogP contribution in [0.2, 0.25) is 0 Å². The lowest BCUT2D eigenvalue weighted by atomic mass is 10.2. The average molecular weight is 377 g/mol. The molecule has 2 aromatic rings. The van der Waals surface area contributed by atoms with Crippen LogP contribution in [0.4, 0.5) is 14.9 Å². The Hall–Kier alpha value is -2.65. The SMILES string of the molecule is O=C(Nc1ccc(F)cc1)N1C[C@@H]2Oc3ccccc3S(=O)(=O)N[C@@H]2C1. The van der Waals surface area contributed by atoms with Gasteiger partial charge in [0.15, 0.2) is 0 Å². The highest BCUT2D eigenvalue weighted by molar-refractivity contribution is 7.89. The lowest BCUT2D eigenvalue weighted by Gasteiger charge is -2.18. The summed E-state index contributed by atoms with van der Waals surface area (Å²) in [4.78, 5) is 14.0. The molecule has 0 spiro atoms. The highest BCUT2D eigenvalue weighted by Gasteiger charge is 2.42. The number of halogens is 1. The number of carbonyl (C=O) groups excluding carboxylic acids is 1. The molecular weight excluding hydrogens is 361 g/mol. The van der Waals surface area contributed by atoms with Crippen molar-refractivity contribution in [2.75, 3.05) is 18.4 Å². The Morgan fingerprint density at radius 2 is 1.88 bits per heavy atom. The summed E-state index contributed by atoms with van der Waals surface area (Å²) in [6.45, 7) is 0.402. The fourth-order valence-corrected chi connectivity index (χ4v) is 4.49. The minimum atomic E-state index is -3.72. The number of fused-ring (bicyclic) bond motifs is 2. The molecule has 4 rings (SSSR count). The third-order valence-corrected chi connectivity index (χ3v) is 5.90. The number of likely N-dealkylation sites (tertiary alicyclic amines) is 1. The van der Waals surface area contributed by atoms with Crippen LogP contribution < -0.4 is 14.8 Å². The fourth-order valence-electron chi connectivity index (χ4n) is 3.10. The average Bonchev–Trinajstić information content (AvgIpc) is 2.95. The number of rotatable bonds is 1. The molecule has 2 heterocycles. The van der Waals surface area contributed by atoms with E-state index in [1.807, 2.05) is 0 Å². The highest BCUT2D eigenvalue weighted by Crippen LogP contribution is 2.30. The van der Waals surface area contributed by atoms with Crippen LogP contribution in [0, 0.1) is 5.82 Å². The summed E-state index contributed by atoms with van der Waals surface area (Å²) in [6, 6.07) is 10.9. The van der Waals surface area contributed by atoms with Gasteiger partial charge in [-0.1, -0.05) is 12.1 Å². The maximum atomic E-state index is 13.0. The maximum Gasteiger partial charge on any atom is 0.322 e. The molecule has 0 aliphatic carbocycles. The second-order valence-corrected chi connectivity index (χ2v) is 7.86. The van der Waals surface area contributed by atoms with Crippen molar-refractivity contribution in [3.63, 3.8) is 0 Å². The lowest BCUT2D eigenvalue weighted by Crippen LogP contribution is -2.43. The first-order valence-corrected chi connectivity index (χ1v) is 9.50. The fraction of sp³-hybridized carbons (Fsp3) is 0.235. The number of hydrogen-bond donors (Lipinski definition) is 2. The van der Waals surface area contributed by atoms with E-state index in [0.29, 0.717) is 5.69 Å². The molecule has 2 amide bonds. The van der Waals surface area contributed by atoms with E-state index >= 15 is 0 Å². The number of benzene rings is 2. The van der Waals surface area contributed by atoms with Crippen molar-refractivity contribution in [1.82, 2.24) is 9.62 Å². The van der Waals surface area contributed by atoms with Crippen LogP contribution in [-0.2, 0) is 10.0 Å². The molecule has 26 heavy (non-hydrogen) atoms. The number of nitrogens with one attached hydrogen (secondary N) is 2. The molecule has 9 heteroatoms. The Bertz CT molecular complexity index is 949. The van der Waals surface area contributed by atoms with Crippen LogP contribution in [0.25, 0.3) is 0 Å². The first kappa shape index (κ1) is 16.8. The van der Waals surface area contributed by atoms with Gasteiger partial charge in [0.2, 0.25) is 10.0 Å². The maximum absolute atomic E-state index is 13.0. The number of amides is 2. The number of carbonyl (C=O) groups is 1. The molecule has 1 fully saturated rings. The zero-order valence-electron chi connectivity index (χ0n) is 13.6. The van der Waals surface area contributed by atoms with Crippen LogP contribution in [0.3, 0.4) is 0 Å². The van der Waals surface area contributed by atoms with Crippen LogP contribution in [-0.4, -0.2) is 44.6 Å². The second-order valence-electron chi connectivity index (χ2n) is 6.17. The van der Waals surface area contributed by atoms with Crippen molar-refractivity contribution >= 4 is 21.7 Å². The van der Waals surface area contributed by atoms with Crippen LogP contribution in [0.15, 0.2) is 53.4 Å². The van der Waals surface area contributed by atoms with Crippen molar-refractivity contribution in [1.29, 1.82) is 0 Å². The van der Waals surface area contributed by atoms with Gasteiger partial charge in [0.25, 0.3) is 0 Å². The van der Waals surface area contributed by atoms with Crippen LogP contribution in [0.5, 0.6) is 5.75 Å². The van der Waals surface area contributed by atoms with Gasteiger partial charge in [0.05, 0.1) is 12.6 Å². The number of para-hydroxylation sites is 1. The molecule has 0 saturated carbocycles. The number of ether oxygens (including phenoxy) is 1. The van der Waals surface area contributed by atoms with E-state index in [9.17, 15) is 17.6 Å². The van der Waals surface area contributed by atoms with Crippen molar-refractivity contribution in [3.05, 3.63) is 54.3 Å². The van der Waals surface area contributed by atoms with Gasteiger partial charge in [-0.15, -0.1) is 0 Å². The quantitative estimate of drug-likeness (QED) is 0.793. The Kier molecular flexibility index (Phi) is 4.04. The third kappa shape index (κ3) is 3.11. The molecule has 0 aromatic heterocycles. The van der Waals surface area contributed by atoms with E-state index in [4.69, 9.17) is 4.74 Å². The van der Waals surface area contributed by atoms with E-state index in [-0.39, 0.29) is 23.7 Å². The van der Waals surface area contributed by atoms with Gasteiger partial charge in [0.1, 0.15) is 22.6 Å². The minimum absolute atomic E-state index is 0.0942. The summed E-state index contributed by atoms with van der Waals surface area (Å²) in [5.74, 6) is -0.124. The first-order chi connectivity index (χ1) is 12.4. The molecule has 2 aromatic carbocycles. The predicted molar refractivity (Wildman–Crippen MR) is 92.0 cm³/mol. The van der Waals surface area contributed by atoms with Crippen molar-refractivity contribution < 1.29 is 22.3 Å². The third-order valence-electron chi connectivity index (χ3n) is 4.37. The molecular formula is C17H16FN3O4S. The second kappa shape index (κ2) is 6.26. The van der Waals surface area contributed by atoms with E-state index in [0.717, 1.165) is 0 Å². The van der Waals surface area contributed by atoms with Crippen molar-refractivity contribution in [2.24, 2.45) is 0 Å². The molecule has 1 saturated heterocycles. The summed E-state index contributed by atoms with van der Waals surface area (Å²) >= 11 is 0. The smallest absolute Gasteiger partial charge is 0.322 e. The molecule has 7 nitrogen and oxygen atoms in total. The summed E-state index contributed by atoms with van der Waals surface area (Å²) in [6.07, 6.45) is -0.493. The number of sulfonamides is 1. The normalized spacial score (nSPS) is 23.3. The van der Waals surface area contributed by atoms with Crippen LogP contribution >= 0.6 is 0 Å². The van der Waals surface area contributed by atoms with Gasteiger partial charge in [-0.2, -0.15) is 0 Å². The Balaban J connectivity index is 1.51. The zero-order valence-corrected chi connectivity index (χ0v) is 14.4. The summed E-state index contributed by atoms with van der Waals surface area (Å²) < 4.78 is 46.4. The van der Waals surface area contributed by atoms with Crippen molar-refractivity contribution in [3.8, 4) is 5.75 Å². The standard InChI is InChI=1S/C17H16FN3O4S/c18-11-5-7-12(8-6-11)19-17(22)21-9-13-15(10-21)25-14-3-1-2-4-16(14)26(23,24)20-13/h1-8,13,15,20H,9-10H2,(H,19,22)/t13-,15+/m1/s1. The molecule has 0 radical (unpaired) electrons. The molecule has 2 aliphatic heterocycles. The largest absolute Gasteiger partial charge is 0.485 e. The monoisotopic (exact) mass is 377 g/mol. The minimum Gasteiger partial charge on any atom is -0.485 e. The van der Waals surface area contributed by atoms with Gasteiger partial charge in [-0.05, 0) is 36.4 Å². The molecule has 0 bridgehead atoms. The number of nitrogens with zero attached hydrogens (tertiary/aromatic N) is 1. The summed E-state index contributed by atoms with van der Waals surface area (Å²) in [7, 11) is -3.72. The Morgan fingerprint density at radius 1 is 1.15 bits per heavy atom. The number of hydrogen-bond acceptors (Lipinski definition) is 4. The Labute approximate surface area is 149 Å². The van der Waals surface area contributed by atoms with Gasteiger partial charge in [0, 0.05) is 12.2 Å². The van der Waals surface area contributed by atoms with E-state index < -0.39 is 34.0 Å². The van der Waals surface area contributed by atoms with Crippen molar-refractivity contribution in [2.45, 2.75) is 17.0 Å². The van der Waals surface area contributed by atoms with E-state index in [1.54, 1.807) is 18.2 Å². The zero-order chi connectivity index (χ0) is 18.3. The van der Waals surface area contributed by atoms with E-state index in [2.05, 4.69) is 10.0 Å². The van der Waals surface area contributed by atoms with Crippen LogP contribution in [0.1, 0.15) is 0 Å².